The second kappa shape index (κ2) is 4.73. The Hall–Kier alpha value is -0.0800. The molecule has 0 bridgehead atoms. The van der Waals surface area contributed by atoms with Crippen LogP contribution in [0.5, 0.6) is 0 Å². The molecule has 1 aliphatic carbocycles. The molecule has 1 N–H and O–H groups in total. The van der Waals surface area contributed by atoms with Gasteiger partial charge in [-0.25, -0.2) is 0 Å². The van der Waals surface area contributed by atoms with Gasteiger partial charge >= 0.3 is 0 Å². The number of nitrogens with one attached hydrogen (secondary N) is 1. The molecule has 1 rings (SSSR count). The van der Waals surface area contributed by atoms with E-state index in [1.54, 1.807) is 0 Å². The van der Waals surface area contributed by atoms with Crippen LogP contribution in [0.4, 0.5) is 0 Å². The van der Waals surface area contributed by atoms with Gasteiger partial charge in [-0.1, -0.05) is 12.8 Å². The normalized spacial score (nSPS) is 32.2. The second-order valence-corrected chi connectivity index (χ2v) is 3.17. The largest absolute Gasteiger partial charge is 0.377 e. The van der Waals surface area contributed by atoms with Crippen LogP contribution in [-0.2, 0) is 4.74 Å². The molecule has 0 spiro atoms. The van der Waals surface area contributed by atoms with Gasteiger partial charge in [0.2, 0.25) is 0 Å². The maximum Gasteiger partial charge on any atom is 0.0727 e. The molecule has 1 fully saturated rings. The highest BCUT2D eigenvalue weighted by atomic mass is 16.5. The standard InChI is InChI=1S/C9H19NO/c1-3-11-9-7-5-4-6-8(9)10-2/h8-10H,3-7H2,1-2H3/t8-,9-/m0/s1. The summed E-state index contributed by atoms with van der Waals surface area (Å²) in [6.45, 7) is 2.92. The van der Waals surface area contributed by atoms with E-state index in [1.165, 1.54) is 25.7 Å². The molecule has 0 saturated heterocycles. The van der Waals surface area contributed by atoms with Gasteiger partial charge in [-0.05, 0) is 26.8 Å². The molecule has 66 valence electrons. The minimum Gasteiger partial charge on any atom is -0.377 e. The van der Waals surface area contributed by atoms with Crippen molar-refractivity contribution in [3.05, 3.63) is 0 Å². The van der Waals surface area contributed by atoms with Crippen LogP contribution < -0.4 is 5.32 Å². The van der Waals surface area contributed by atoms with Crippen LogP contribution in [0.2, 0.25) is 0 Å². The zero-order valence-electron chi connectivity index (χ0n) is 7.60. The summed E-state index contributed by atoms with van der Waals surface area (Å²) in [5, 5.41) is 3.31. The third kappa shape index (κ3) is 2.46. The maximum absolute atomic E-state index is 5.62. The lowest BCUT2D eigenvalue weighted by molar-refractivity contribution is 0.0144. The number of hydrogen-bond acceptors (Lipinski definition) is 2. The molecule has 2 nitrogen and oxygen atoms in total. The number of rotatable bonds is 3. The van der Waals surface area contributed by atoms with E-state index < -0.39 is 0 Å². The summed E-state index contributed by atoms with van der Waals surface area (Å²) in [6, 6.07) is 0.601. The first kappa shape index (κ1) is 9.01. The Labute approximate surface area is 69.3 Å². The summed E-state index contributed by atoms with van der Waals surface area (Å²) in [7, 11) is 2.03. The van der Waals surface area contributed by atoms with Crippen LogP contribution >= 0.6 is 0 Å². The van der Waals surface area contributed by atoms with Crippen molar-refractivity contribution in [3.63, 3.8) is 0 Å². The Morgan fingerprint density at radius 3 is 2.73 bits per heavy atom. The van der Waals surface area contributed by atoms with E-state index in [0.29, 0.717) is 12.1 Å². The molecule has 1 aliphatic rings. The molecule has 0 heterocycles. The van der Waals surface area contributed by atoms with Gasteiger partial charge in [0.15, 0.2) is 0 Å². The molecule has 0 amide bonds. The number of likely N-dealkylation sites (N-methyl/N-ethyl adjacent to an activating group) is 1. The Morgan fingerprint density at radius 1 is 1.36 bits per heavy atom. The molecule has 0 aromatic carbocycles. The first-order chi connectivity index (χ1) is 5.38. The van der Waals surface area contributed by atoms with Crippen molar-refractivity contribution in [2.45, 2.75) is 44.8 Å². The van der Waals surface area contributed by atoms with E-state index >= 15 is 0 Å². The zero-order chi connectivity index (χ0) is 8.10. The fourth-order valence-corrected chi connectivity index (χ4v) is 1.84. The summed E-state index contributed by atoms with van der Waals surface area (Å²) in [6.07, 6.45) is 5.68. The van der Waals surface area contributed by atoms with E-state index in [2.05, 4.69) is 12.2 Å². The molecular weight excluding hydrogens is 138 g/mol. The van der Waals surface area contributed by atoms with Crippen molar-refractivity contribution >= 4 is 0 Å². The predicted octanol–water partition coefficient (Wildman–Crippen LogP) is 1.55. The molecule has 0 radical (unpaired) electrons. The molecule has 0 aromatic rings. The summed E-state index contributed by atoms with van der Waals surface area (Å²) in [4.78, 5) is 0. The smallest absolute Gasteiger partial charge is 0.0727 e. The highest BCUT2D eigenvalue weighted by Crippen LogP contribution is 2.20. The molecule has 0 aliphatic heterocycles. The molecule has 1 saturated carbocycles. The summed E-state index contributed by atoms with van der Waals surface area (Å²) in [5.74, 6) is 0. The average molecular weight is 157 g/mol. The van der Waals surface area contributed by atoms with Crippen molar-refractivity contribution in [2.24, 2.45) is 0 Å². The van der Waals surface area contributed by atoms with Crippen LogP contribution in [0.1, 0.15) is 32.6 Å². The minimum atomic E-state index is 0.471. The van der Waals surface area contributed by atoms with Crippen molar-refractivity contribution in [2.75, 3.05) is 13.7 Å². The Kier molecular flexibility index (Phi) is 3.87. The molecule has 0 aromatic heterocycles. The highest BCUT2D eigenvalue weighted by Gasteiger charge is 2.23. The fourth-order valence-electron chi connectivity index (χ4n) is 1.84. The van der Waals surface area contributed by atoms with Crippen LogP contribution in [0, 0.1) is 0 Å². The zero-order valence-corrected chi connectivity index (χ0v) is 7.60. The average Bonchev–Trinajstić information content (AvgIpc) is 2.06. The predicted molar refractivity (Wildman–Crippen MR) is 46.7 cm³/mol. The van der Waals surface area contributed by atoms with Gasteiger partial charge < -0.3 is 10.1 Å². The lowest BCUT2D eigenvalue weighted by Gasteiger charge is -2.30. The second-order valence-electron chi connectivity index (χ2n) is 3.17. The maximum atomic E-state index is 5.62. The van der Waals surface area contributed by atoms with Gasteiger partial charge in [0.05, 0.1) is 6.10 Å². The van der Waals surface area contributed by atoms with Gasteiger partial charge in [0.25, 0.3) is 0 Å². The van der Waals surface area contributed by atoms with Crippen LogP contribution in [-0.4, -0.2) is 25.8 Å². The number of ether oxygens (including phenoxy) is 1. The van der Waals surface area contributed by atoms with E-state index in [9.17, 15) is 0 Å². The first-order valence-electron chi connectivity index (χ1n) is 4.67. The van der Waals surface area contributed by atoms with E-state index in [1.807, 2.05) is 7.05 Å². The Bertz CT molecular complexity index is 104. The fraction of sp³-hybridized carbons (Fsp3) is 1.00. The lowest BCUT2D eigenvalue weighted by atomic mass is 9.92. The van der Waals surface area contributed by atoms with Gasteiger partial charge in [-0.15, -0.1) is 0 Å². The summed E-state index contributed by atoms with van der Waals surface area (Å²) >= 11 is 0. The molecule has 2 heteroatoms. The molecule has 2 atom stereocenters. The summed E-state index contributed by atoms with van der Waals surface area (Å²) in [5.41, 5.74) is 0. The summed E-state index contributed by atoms with van der Waals surface area (Å²) < 4.78 is 5.62. The Morgan fingerprint density at radius 2 is 2.09 bits per heavy atom. The molecule has 0 unspecified atom stereocenters. The van der Waals surface area contributed by atoms with Gasteiger partial charge in [-0.2, -0.15) is 0 Å². The van der Waals surface area contributed by atoms with E-state index in [4.69, 9.17) is 4.74 Å². The van der Waals surface area contributed by atoms with Crippen molar-refractivity contribution in [1.82, 2.24) is 5.32 Å². The SMILES string of the molecule is CCO[C@H]1CCCC[C@@H]1NC. The van der Waals surface area contributed by atoms with Crippen LogP contribution in [0.3, 0.4) is 0 Å². The van der Waals surface area contributed by atoms with E-state index in [-0.39, 0.29) is 0 Å². The molecule has 11 heavy (non-hydrogen) atoms. The lowest BCUT2D eigenvalue weighted by Crippen LogP contribution is -2.41. The third-order valence-corrected chi connectivity index (χ3v) is 2.45. The highest BCUT2D eigenvalue weighted by molar-refractivity contribution is 4.80. The first-order valence-corrected chi connectivity index (χ1v) is 4.67. The van der Waals surface area contributed by atoms with Crippen molar-refractivity contribution in [1.29, 1.82) is 0 Å². The quantitative estimate of drug-likeness (QED) is 0.671. The van der Waals surface area contributed by atoms with E-state index in [0.717, 1.165) is 6.61 Å². The third-order valence-electron chi connectivity index (χ3n) is 2.45. The van der Waals surface area contributed by atoms with Gasteiger partial charge in [0.1, 0.15) is 0 Å². The van der Waals surface area contributed by atoms with Crippen LogP contribution in [0.25, 0.3) is 0 Å². The van der Waals surface area contributed by atoms with Crippen molar-refractivity contribution < 1.29 is 4.74 Å². The monoisotopic (exact) mass is 157 g/mol. The van der Waals surface area contributed by atoms with Gasteiger partial charge in [0, 0.05) is 12.6 Å². The van der Waals surface area contributed by atoms with Gasteiger partial charge in [-0.3, -0.25) is 0 Å². The Balaban J connectivity index is 2.31. The van der Waals surface area contributed by atoms with Crippen LogP contribution in [0.15, 0.2) is 0 Å². The minimum absolute atomic E-state index is 0.471. The topological polar surface area (TPSA) is 21.3 Å². The van der Waals surface area contributed by atoms with Crippen molar-refractivity contribution in [3.8, 4) is 0 Å². The number of hydrogen-bond donors (Lipinski definition) is 1. The molecular formula is C9H19NO.